The molecule has 3 aromatic rings. The Balaban J connectivity index is 1.51. The van der Waals surface area contributed by atoms with Crippen LogP contribution in [-0.2, 0) is 11.2 Å². The van der Waals surface area contributed by atoms with Crippen LogP contribution in [0.4, 0.5) is 0 Å². The maximum absolute atomic E-state index is 10.7. The number of hydrogen-bond donors (Lipinski definition) is 3. The third-order valence-corrected chi connectivity index (χ3v) is 7.94. The van der Waals surface area contributed by atoms with E-state index in [9.17, 15) is 15.3 Å². The molecule has 0 spiro atoms. The van der Waals surface area contributed by atoms with E-state index in [0.717, 1.165) is 21.2 Å². The molecule has 2 aromatic carbocycles. The highest BCUT2D eigenvalue weighted by Crippen LogP contribution is 2.36. The number of nitrogens with zero attached hydrogens (tertiary/aromatic N) is 1. The Morgan fingerprint density at radius 1 is 1.09 bits per heavy atom. The third-order valence-electron chi connectivity index (χ3n) is 5.52. The van der Waals surface area contributed by atoms with Crippen molar-refractivity contribution < 1.29 is 24.8 Å². The summed E-state index contributed by atoms with van der Waals surface area (Å²) in [6.07, 6.45) is -2.92. The van der Waals surface area contributed by atoms with Crippen molar-refractivity contribution in [3.8, 4) is 5.75 Å². The third kappa shape index (κ3) is 5.89. The summed E-state index contributed by atoms with van der Waals surface area (Å²) in [6.45, 7) is 2.56. The number of ether oxygens (including phenoxy) is 2. The molecule has 33 heavy (non-hydrogen) atoms. The van der Waals surface area contributed by atoms with Gasteiger partial charge in [0, 0.05) is 22.4 Å². The van der Waals surface area contributed by atoms with Crippen LogP contribution in [0.3, 0.4) is 0 Å². The van der Waals surface area contributed by atoms with Gasteiger partial charge in [-0.3, -0.25) is 0 Å². The van der Waals surface area contributed by atoms with Crippen molar-refractivity contribution in [1.29, 1.82) is 0 Å². The van der Waals surface area contributed by atoms with E-state index in [1.807, 2.05) is 42.6 Å². The molecule has 1 fully saturated rings. The number of thiazole rings is 1. The van der Waals surface area contributed by atoms with E-state index in [4.69, 9.17) is 21.1 Å². The number of aliphatic hydroxyl groups excluding tert-OH is 3. The Bertz CT molecular complexity index is 1030. The molecule has 2 heterocycles. The molecule has 0 unspecified atom stereocenters. The second-order valence-electron chi connectivity index (χ2n) is 7.78. The average molecular weight is 508 g/mol. The van der Waals surface area contributed by atoms with Gasteiger partial charge in [0.05, 0.1) is 12.7 Å². The van der Waals surface area contributed by atoms with Crippen LogP contribution in [0.5, 0.6) is 5.75 Å². The summed E-state index contributed by atoms with van der Waals surface area (Å²) in [5.41, 5.74) is 2.64. The van der Waals surface area contributed by atoms with Gasteiger partial charge in [-0.2, -0.15) is 0 Å². The first-order valence-corrected chi connectivity index (χ1v) is 12.9. The van der Waals surface area contributed by atoms with E-state index >= 15 is 0 Å². The van der Waals surface area contributed by atoms with Crippen LogP contribution in [0.15, 0.2) is 58.4 Å². The average Bonchev–Trinajstić information content (AvgIpc) is 3.34. The number of aromatic nitrogens is 1. The standard InChI is InChI=1S/C24H26ClNO5S2/c1-2-30-17-6-3-14(4-7-17)11-16-12-15(5-8-18(16)25)23-22(29)21(28)20(27)19(31-23)13-33-24-26-9-10-32-24/h3-10,12,19-23,27-29H,2,11,13H2,1H3/t19-,20-,21+,22-,23+/m1/s1. The van der Waals surface area contributed by atoms with Crippen molar-refractivity contribution in [2.75, 3.05) is 12.4 Å². The van der Waals surface area contributed by atoms with Crippen LogP contribution < -0.4 is 4.74 Å². The monoisotopic (exact) mass is 507 g/mol. The summed E-state index contributed by atoms with van der Waals surface area (Å²) in [5, 5.41) is 34.1. The fourth-order valence-corrected chi connectivity index (χ4v) is 5.70. The Labute approximate surface area is 206 Å². The molecule has 6 nitrogen and oxygen atoms in total. The van der Waals surface area contributed by atoms with Crippen molar-refractivity contribution in [3.05, 3.63) is 75.8 Å². The number of benzene rings is 2. The molecule has 3 N–H and O–H groups in total. The quantitative estimate of drug-likeness (QED) is 0.395. The highest BCUT2D eigenvalue weighted by atomic mass is 35.5. The number of aliphatic hydroxyl groups is 3. The maximum Gasteiger partial charge on any atom is 0.149 e. The minimum absolute atomic E-state index is 0.404. The summed E-state index contributed by atoms with van der Waals surface area (Å²) < 4.78 is 12.4. The number of halogens is 1. The van der Waals surface area contributed by atoms with Gasteiger partial charge in [0.2, 0.25) is 0 Å². The highest BCUT2D eigenvalue weighted by molar-refractivity contribution is 8.01. The number of rotatable bonds is 8. The molecule has 0 saturated carbocycles. The Morgan fingerprint density at radius 2 is 1.88 bits per heavy atom. The van der Waals surface area contributed by atoms with E-state index in [1.165, 1.54) is 23.1 Å². The summed E-state index contributed by atoms with van der Waals surface area (Å²) in [4.78, 5) is 4.22. The van der Waals surface area contributed by atoms with Gasteiger partial charge in [-0.05, 0) is 48.2 Å². The molecule has 9 heteroatoms. The van der Waals surface area contributed by atoms with Gasteiger partial charge < -0.3 is 24.8 Å². The normalized spacial score (nSPS) is 25.2. The van der Waals surface area contributed by atoms with Crippen LogP contribution in [0, 0.1) is 0 Å². The molecule has 1 aliphatic heterocycles. The Kier molecular flexibility index (Phi) is 8.29. The molecule has 0 amide bonds. The van der Waals surface area contributed by atoms with Crippen molar-refractivity contribution in [3.63, 3.8) is 0 Å². The van der Waals surface area contributed by atoms with Gasteiger partial charge in [0.25, 0.3) is 0 Å². The van der Waals surface area contributed by atoms with Crippen LogP contribution in [0.1, 0.15) is 29.7 Å². The smallest absolute Gasteiger partial charge is 0.149 e. The van der Waals surface area contributed by atoms with E-state index in [0.29, 0.717) is 29.4 Å². The first kappa shape index (κ1) is 24.5. The molecular weight excluding hydrogens is 482 g/mol. The lowest BCUT2D eigenvalue weighted by Crippen LogP contribution is -2.54. The Morgan fingerprint density at radius 3 is 2.58 bits per heavy atom. The predicted octanol–water partition coefficient (Wildman–Crippen LogP) is 4.10. The SMILES string of the molecule is CCOc1ccc(Cc2cc([C@@H]3O[C@H](CSc4nccs4)[C@@H](O)[C@H](O)[C@H]3O)ccc2Cl)cc1. The van der Waals surface area contributed by atoms with Crippen LogP contribution in [0.2, 0.25) is 5.02 Å². The van der Waals surface area contributed by atoms with E-state index < -0.39 is 30.5 Å². The van der Waals surface area contributed by atoms with Crippen molar-refractivity contribution in [1.82, 2.24) is 4.98 Å². The van der Waals surface area contributed by atoms with E-state index in [1.54, 1.807) is 18.3 Å². The van der Waals surface area contributed by atoms with Gasteiger partial charge in [-0.1, -0.05) is 47.6 Å². The van der Waals surface area contributed by atoms with Gasteiger partial charge >= 0.3 is 0 Å². The van der Waals surface area contributed by atoms with Crippen LogP contribution >= 0.6 is 34.7 Å². The highest BCUT2D eigenvalue weighted by Gasteiger charge is 2.44. The summed E-state index contributed by atoms with van der Waals surface area (Å²) in [6, 6.07) is 13.3. The zero-order valence-corrected chi connectivity index (χ0v) is 20.4. The second kappa shape index (κ2) is 11.2. The molecule has 5 atom stereocenters. The first-order valence-electron chi connectivity index (χ1n) is 10.7. The molecule has 1 aromatic heterocycles. The van der Waals surface area contributed by atoms with Gasteiger partial charge in [-0.15, -0.1) is 11.3 Å². The molecule has 0 bridgehead atoms. The second-order valence-corrected chi connectivity index (χ2v) is 10.3. The molecule has 1 aliphatic rings. The summed E-state index contributed by atoms with van der Waals surface area (Å²) >= 11 is 9.41. The van der Waals surface area contributed by atoms with Crippen molar-refractivity contribution in [2.45, 2.75) is 48.2 Å². The van der Waals surface area contributed by atoms with Gasteiger partial charge in [0.1, 0.15) is 34.5 Å². The predicted molar refractivity (Wildman–Crippen MR) is 130 cm³/mol. The lowest BCUT2D eigenvalue weighted by Gasteiger charge is -2.41. The van der Waals surface area contributed by atoms with E-state index in [2.05, 4.69) is 4.98 Å². The minimum Gasteiger partial charge on any atom is -0.494 e. The van der Waals surface area contributed by atoms with Crippen LogP contribution in [-0.4, -0.2) is 57.1 Å². The fourth-order valence-electron chi connectivity index (χ4n) is 3.80. The number of thioether (sulfide) groups is 1. The fraction of sp³-hybridized carbons (Fsp3) is 0.375. The maximum atomic E-state index is 10.7. The van der Waals surface area contributed by atoms with Gasteiger partial charge in [0.15, 0.2) is 0 Å². The zero-order valence-electron chi connectivity index (χ0n) is 18.0. The lowest BCUT2D eigenvalue weighted by molar-refractivity contribution is -0.218. The summed E-state index contributed by atoms with van der Waals surface area (Å²) in [7, 11) is 0. The molecular formula is C24H26ClNO5S2. The minimum atomic E-state index is -1.32. The van der Waals surface area contributed by atoms with Gasteiger partial charge in [-0.25, -0.2) is 4.98 Å². The van der Waals surface area contributed by atoms with Crippen molar-refractivity contribution in [2.24, 2.45) is 0 Å². The molecule has 0 radical (unpaired) electrons. The van der Waals surface area contributed by atoms with Crippen LogP contribution in [0.25, 0.3) is 0 Å². The molecule has 1 saturated heterocycles. The largest absolute Gasteiger partial charge is 0.494 e. The van der Waals surface area contributed by atoms with Crippen molar-refractivity contribution >= 4 is 34.7 Å². The zero-order chi connectivity index (χ0) is 23.4. The number of hydrogen-bond acceptors (Lipinski definition) is 8. The molecule has 176 valence electrons. The van der Waals surface area contributed by atoms with E-state index in [-0.39, 0.29) is 0 Å². The molecule has 0 aliphatic carbocycles. The lowest BCUT2D eigenvalue weighted by atomic mass is 9.90. The Hall–Kier alpha value is -1.65. The topological polar surface area (TPSA) is 92.0 Å². The summed E-state index contributed by atoms with van der Waals surface area (Å²) in [5.74, 6) is 1.22. The first-order chi connectivity index (χ1) is 16.0. The molecule has 4 rings (SSSR count).